The molecule has 0 aromatic heterocycles. The number of carboxylic acids is 1. The molecule has 88 valence electrons. The zero-order valence-corrected chi connectivity index (χ0v) is 9.10. The minimum atomic E-state index is -1.24. The molecule has 5 nitrogen and oxygen atoms in total. The van der Waals surface area contributed by atoms with Crippen molar-refractivity contribution in [2.75, 3.05) is 13.7 Å². The van der Waals surface area contributed by atoms with Crippen molar-refractivity contribution >= 4 is 17.3 Å². The van der Waals surface area contributed by atoms with Gasteiger partial charge in [-0.2, -0.15) is 0 Å². The maximum atomic E-state index is 11.6. The van der Waals surface area contributed by atoms with Gasteiger partial charge in [0.2, 0.25) is 11.5 Å². The van der Waals surface area contributed by atoms with Crippen LogP contribution in [-0.4, -0.2) is 30.6 Å². The Balaban J connectivity index is 2.53. The van der Waals surface area contributed by atoms with Crippen molar-refractivity contribution in [3.05, 3.63) is 35.6 Å². The van der Waals surface area contributed by atoms with Gasteiger partial charge in [-0.1, -0.05) is 12.1 Å². The molecule has 1 N–H and O–H groups in total. The molecule has 2 rings (SSSR count). The number of rotatable bonds is 3. The summed E-state index contributed by atoms with van der Waals surface area (Å²) in [7, 11) is 1.50. The van der Waals surface area contributed by atoms with Crippen molar-refractivity contribution in [3.63, 3.8) is 0 Å². The standard InChI is InChI=1S/C12H10O5/c1-16-8-4-2-3-7(5-8)10-9(13)6-17-11(10)12(14)15/h2-5H,6H2,1H3,(H,14,15). The lowest BCUT2D eigenvalue weighted by Gasteiger charge is -2.04. The van der Waals surface area contributed by atoms with E-state index in [0.717, 1.165) is 0 Å². The Hall–Kier alpha value is -2.30. The molecular weight excluding hydrogens is 224 g/mol. The summed E-state index contributed by atoms with van der Waals surface area (Å²) in [5.74, 6) is -1.33. The topological polar surface area (TPSA) is 72.8 Å². The van der Waals surface area contributed by atoms with Crippen molar-refractivity contribution in [2.45, 2.75) is 0 Å². The van der Waals surface area contributed by atoms with E-state index in [2.05, 4.69) is 0 Å². The fourth-order valence-electron chi connectivity index (χ4n) is 1.65. The molecule has 0 radical (unpaired) electrons. The molecule has 0 saturated carbocycles. The van der Waals surface area contributed by atoms with E-state index >= 15 is 0 Å². The van der Waals surface area contributed by atoms with Crippen LogP contribution in [0.4, 0.5) is 0 Å². The van der Waals surface area contributed by atoms with E-state index in [-0.39, 0.29) is 23.7 Å². The van der Waals surface area contributed by atoms with Crippen LogP contribution in [0.15, 0.2) is 30.0 Å². The van der Waals surface area contributed by atoms with Crippen LogP contribution in [-0.2, 0) is 14.3 Å². The van der Waals surface area contributed by atoms with Gasteiger partial charge in [0, 0.05) is 0 Å². The second-order valence-corrected chi connectivity index (χ2v) is 3.45. The first kappa shape index (κ1) is 11.2. The second kappa shape index (κ2) is 4.29. The predicted molar refractivity (Wildman–Crippen MR) is 58.5 cm³/mol. The first-order valence-electron chi connectivity index (χ1n) is 4.91. The van der Waals surface area contributed by atoms with Gasteiger partial charge in [0.15, 0.2) is 6.61 Å². The molecule has 0 fully saturated rings. The number of benzene rings is 1. The van der Waals surface area contributed by atoms with Crippen molar-refractivity contribution < 1.29 is 24.2 Å². The van der Waals surface area contributed by atoms with Gasteiger partial charge in [-0.15, -0.1) is 0 Å². The SMILES string of the molecule is COc1cccc(C2=C(C(=O)O)OCC2=O)c1. The van der Waals surface area contributed by atoms with Crippen molar-refractivity contribution in [1.82, 2.24) is 0 Å². The van der Waals surface area contributed by atoms with Crippen molar-refractivity contribution in [1.29, 1.82) is 0 Å². The molecule has 1 aliphatic rings. The third-order valence-electron chi connectivity index (χ3n) is 2.41. The highest BCUT2D eigenvalue weighted by molar-refractivity contribution is 6.27. The molecule has 1 aliphatic heterocycles. The van der Waals surface area contributed by atoms with E-state index in [1.54, 1.807) is 24.3 Å². The molecule has 0 spiro atoms. The van der Waals surface area contributed by atoms with Gasteiger partial charge in [-0.25, -0.2) is 4.79 Å². The molecule has 0 amide bonds. The molecular formula is C12H10O5. The monoisotopic (exact) mass is 234 g/mol. The van der Waals surface area contributed by atoms with Gasteiger partial charge in [-0.05, 0) is 17.7 Å². The summed E-state index contributed by atoms with van der Waals surface area (Å²) in [6, 6.07) is 6.65. The number of hydrogen-bond donors (Lipinski definition) is 1. The number of ketones is 1. The molecule has 0 aliphatic carbocycles. The van der Waals surface area contributed by atoms with E-state index in [0.29, 0.717) is 11.3 Å². The van der Waals surface area contributed by atoms with E-state index in [1.165, 1.54) is 7.11 Å². The number of aliphatic carboxylic acids is 1. The minimum Gasteiger partial charge on any atom is -0.497 e. The third-order valence-corrected chi connectivity index (χ3v) is 2.41. The molecule has 0 unspecified atom stereocenters. The summed E-state index contributed by atoms with van der Waals surface area (Å²) in [6.07, 6.45) is 0. The second-order valence-electron chi connectivity index (χ2n) is 3.45. The molecule has 0 atom stereocenters. The number of ether oxygens (including phenoxy) is 2. The number of methoxy groups -OCH3 is 1. The predicted octanol–water partition coefficient (Wildman–Crippen LogP) is 1.09. The van der Waals surface area contributed by atoms with Gasteiger partial charge < -0.3 is 14.6 Å². The molecule has 1 aromatic rings. The Morgan fingerprint density at radius 2 is 2.24 bits per heavy atom. The largest absolute Gasteiger partial charge is 0.497 e. The number of hydrogen-bond acceptors (Lipinski definition) is 4. The van der Waals surface area contributed by atoms with Crippen LogP contribution in [0.3, 0.4) is 0 Å². The number of carbonyl (C=O) groups is 2. The van der Waals surface area contributed by atoms with Crippen LogP contribution < -0.4 is 4.74 Å². The molecule has 17 heavy (non-hydrogen) atoms. The maximum Gasteiger partial charge on any atom is 0.371 e. The van der Waals surface area contributed by atoms with Crippen molar-refractivity contribution in [2.24, 2.45) is 0 Å². The van der Waals surface area contributed by atoms with Crippen molar-refractivity contribution in [3.8, 4) is 5.75 Å². The zero-order valence-electron chi connectivity index (χ0n) is 9.10. The summed E-state index contributed by atoms with van der Waals surface area (Å²) in [5, 5.41) is 8.92. The normalized spacial score (nSPS) is 14.8. The van der Waals surface area contributed by atoms with Gasteiger partial charge in [-0.3, -0.25) is 4.79 Å². The molecule has 0 saturated heterocycles. The quantitative estimate of drug-likeness (QED) is 0.847. The first-order valence-corrected chi connectivity index (χ1v) is 4.91. The van der Waals surface area contributed by atoms with Crippen LogP contribution in [0.5, 0.6) is 5.75 Å². The average molecular weight is 234 g/mol. The molecule has 5 heteroatoms. The Morgan fingerprint density at radius 1 is 1.47 bits per heavy atom. The fraction of sp³-hybridized carbons (Fsp3) is 0.167. The highest BCUT2D eigenvalue weighted by atomic mass is 16.5. The summed E-state index contributed by atoms with van der Waals surface area (Å²) in [5.41, 5.74) is 0.584. The van der Waals surface area contributed by atoms with Crippen LogP contribution in [0.1, 0.15) is 5.56 Å². The highest BCUT2D eigenvalue weighted by Gasteiger charge is 2.30. The van der Waals surface area contributed by atoms with E-state index in [4.69, 9.17) is 14.6 Å². The smallest absolute Gasteiger partial charge is 0.371 e. The van der Waals surface area contributed by atoms with Gasteiger partial charge >= 0.3 is 5.97 Å². The lowest BCUT2D eigenvalue weighted by Crippen LogP contribution is -2.03. The van der Waals surface area contributed by atoms with E-state index in [9.17, 15) is 9.59 Å². The minimum absolute atomic E-state index is 0.0939. The Labute approximate surface area is 97.3 Å². The first-order chi connectivity index (χ1) is 8.13. The summed E-state index contributed by atoms with van der Waals surface area (Å²) >= 11 is 0. The average Bonchev–Trinajstić information content (AvgIpc) is 2.71. The summed E-state index contributed by atoms with van der Waals surface area (Å²) in [6.45, 7) is -0.228. The van der Waals surface area contributed by atoms with Gasteiger partial charge in [0.1, 0.15) is 5.75 Å². The maximum absolute atomic E-state index is 11.6. The number of carbonyl (C=O) groups excluding carboxylic acids is 1. The van der Waals surface area contributed by atoms with Crippen LogP contribution in [0.2, 0.25) is 0 Å². The molecule has 0 bridgehead atoms. The van der Waals surface area contributed by atoms with Gasteiger partial charge in [0.05, 0.1) is 12.7 Å². The zero-order chi connectivity index (χ0) is 12.4. The summed E-state index contributed by atoms with van der Waals surface area (Å²) < 4.78 is 9.88. The lowest BCUT2D eigenvalue weighted by atomic mass is 10.0. The Morgan fingerprint density at radius 3 is 2.88 bits per heavy atom. The number of carboxylic acid groups (broad SMARTS) is 1. The summed E-state index contributed by atoms with van der Waals surface area (Å²) in [4.78, 5) is 22.5. The Kier molecular flexibility index (Phi) is 2.82. The lowest BCUT2D eigenvalue weighted by molar-refractivity contribution is -0.136. The van der Waals surface area contributed by atoms with E-state index < -0.39 is 5.97 Å². The Bertz CT molecular complexity index is 515. The van der Waals surface area contributed by atoms with E-state index in [1.807, 2.05) is 0 Å². The highest BCUT2D eigenvalue weighted by Crippen LogP contribution is 2.28. The third kappa shape index (κ3) is 1.99. The number of Topliss-reactive ketones (excluding diaryl/α,β-unsaturated/α-hetero) is 1. The fourth-order valence-corrected chi connectivity index (χ4v) is 1.65. The molecule has 1 heterocycles. The van der Waals surface area contributed by atoms with Gasteiger partial charge in [0.25, 0.3) is 0 Å². The van der Waals surface area contributed by atoms with Crippen LogP contribution >= 0.6 is 0 Å². The van der Waals surface area contributed by atoms with Crippen LogP contribution in [0.25, 0.3) is 5.57 Å². The van der Waals surface area contributed by atoms with Crippen LogP contribution in [0, 0.1) is 0 Å². The molecule has 1 aromatic carbocycles.